The average molecular weight is 1860 g/mol. The highest BCUT2D eigenvalue weighted by Gasteiger charge is 2.45. The lowest BCUT2D eigenvalue weighted by molar-refractivity contribution is 1.64. The van der Waals surface area contributed by atoms with Gasteiger partial charge in [-0.3, -0.25) is 0 Å². The largest absolute Gasteiger partial charge is 0.244 e. The van der Waals surface area contributed by atoms with Crippen LogP contribution in [0.2, 0.25) is 0 Å². The van der Waals surface area contributed by atoms with Crippen LogP contribution in [0, 0.1) is 0 Å². The van der Waals surface area contributed by atoms with E-state index in [2.05, 4.69) is 370 Å². The van der Waals surface area contributed by atoms with Crippen LogP contribution >= 0.6 is 90.7 Å². The van der Waals surface area contributed by atoms with Gasteiger partial charge in [0.15, 0.2) is 0 Å². The number of fused-ring (bicyclic) bond motifs is 44. The predicted octanol–water partition coefficient (Wildman–Crippen LogP) is 32.4. The third-order valence-corrected chi connectivity index (χ3v) is 41.4. The quantitative estimate of drug-likeness (QED) is 0.133. The molecule has 11 heteroatoms. The van der Waals surface area contributed by atoms with Gasteiger partial charge in [-0.25, -0.2) is 0 Å². The molecule has 6 aliphatic rings. The van der Waals surface area contributed by atoms with Crippen molar-refractivity contribution in [3.63, 3.8) is 0 Å². The van der Waals surface area contributed by atoms with Crippen LogP contribution in [-0.4, -0.2) is 20.1 Å². The lowest BCUT2D eigenvalue weighted by Gasteiger charge is -2.34. The van der Waals surface area contributed by atoms with Crippen molar-refractivity contribution in [1.29, 1.82) is 0 Å². The highest BCUT2D eigenvalue weighted by molar-refractivity contribution is 7.32. The van der Waals surface area contributed by atoms with E-state index in [1.165, 1.54) is 342 Å². The Labute approximate surface area is 814 Å². The minimum atomic E-state index is 0.112. The first kappa shape index (κ1) is 73.9. The Kier molecular flexibility index (Phi) is 14.3. The van der Waals surface area contributed by atoms with Crippen LogP contribution in [0.15, 0.2) is 370 Å². The molecule has 31 aromatic rings. The Morgan fingerprint density at radius 3 is 0.766 bits per heavy atom. The molecule has 23 aromatic carbocycles. The molecule has 0 saturated heterocycles. The van der Waals surface area contributed by atoms with Crippen LogP contribution in [-0.2, 0) is 0 Å². The van der Waals surface area contributed by atoms with Gasteiger partial charge in [-0.1, -0.05) is 334 Å². The summed E-state index contributed by atoms with van der Waals surface area (Å²) in [6.07, 6.45) is 0. The summed E-state index contributed by atoms with van der Waals surface area (Å²) in [6, 6.07) is 142. The number of benzene rings is 23. The normalized spacial score (nSPS) is 13.4. The molecular formula is C126H61B3S8. The number of thiophene rings is 8. The molecule has 0 atom stereocenters. The Hall–Kier alpha value is -14.4. The Balaban J connectivity index is 0.0000000904. The zero-order chi connectivity index (χ0) is 88.1. The van der Waals surface area contributed by atoms with Crippen molar-refractivity contribution >= 4 is 386 Å². The second-order valence-corrected chi connectivity index (χ2v) is 47.0. The molecule has 0 spiro atoms. The fourth-order valence-corrected chi connectivity index (χ4v) is 36.8. The summed E-state index contributed by atoms with van der Waals surface area (Å²) >= 11 is 15.6. The van der Waals surface area contributed by atoms with E-state index in [0.29, 0.717) is 0 Å². The van der Waals surface area contributed by atoms with Crippen LogP contribution < -0.4 is 49.2 Å². The van der Waals surface area contributed by atoms with E-state index >= 15 is 0 Å². The molecule has 0 nitrogen and oxygen atoms in total. The van der Waals surface area contributed by atoms with Crippen LogP contribution in [0.1, 0.15) is 0 Å². The van der Waals surface area contributed by atoms with E-state index in [1.807, 2.05) is 90.7 Å². The zero-order valence-electron chi connectivity index (χ0n) is 72.7. The van der Waals surface area contributed by atoms with Crippen molar-refractivity contribution in [1.82, 2.24) is 0 Å². The fraction of sp³-hybridized carbons (Fsp3) is 0. The van der Waals surface area contributed by atoms with Crippen molar-refractivity contribution in [2.75, 3.05) is 0 Å². The molecule has 37 rings (SSSR count). The third kappa shape index (κ3) is 9.33. The van der Waals surface area contributed by atoms with Gasteiger partial charge in [-0.05, 0) is 206 Å². The molecule has 0 fully saturated rings. The topological polar surface area (TPSA) is 0 Å². The van der Waals surface area contributed by atoms with Crippen LogP contribution in [0.4, 0.5) is 0 Å². The molecule has 6 aliphatic heterocycles. The first-order valence-corrected chi connectivity index (χ1v) is 53.8. The van der Waals surface area contributed by atoms with Crippen molar-refractivity contribution < 1.29 is 0 Å². The first-order chi connectivity index (χ1) is 68.0. The van der Waals surface area contributed by atoms with Gasteiger partial charge in [0.1, 0.15) is 0 Å². The molecule has 8 aromatic heterocycles. The van der Waals surface area contributed by atoms with Crippen molar-refractivity contribution in [2.24, 2.45) is 0 Å². The first-order valence-electron chi connectivity index (χ1n) is 47.3. The third-order valence-electron chi connectivity index (χ3n) is 32.1. The number of hydrogen-bond donors (Lipinski definition) is 0. The number of hydrogen-bond acceptors (Lipinski definition) is 8. The number of rotatable bonds is 0. The summed E-state index contributed by atoms with van der Waals surface area (Å²) < 4.78 is 22.2. The van der Waals surface area contributed by atoms with Crippen LogP contribution in [0.3, 0.4) is 0 Å². The lowest BCUT2D eigenvalue weighted by atomic mass is 9.31. The minimum Gasteiger partial charge on any atom is -0.135 e. The molecule has 0 amide bonds. The van der Waals surface area contributed by atoms with E-state index in [-0.39, 0.29) is 20.1 Å². The van der Waals surface area contributed by atoms with E-state index in [0.717, 1.165) is 0 Å². The molecule has 137 heavy (non-hydrogen) atoms. The molecule has 0 bridgehead atoms. The van der Waals surface area contributed by atoms with E-state index in [9.17, 15) is 0 Å². The van der Waals surface area contributed by atoms with Gasteiger partial charge in [-0.15, -0.1) is 90.7 Å². The molecule has 0 aliphatic carbocycles. The summed E-state index contributed by atoms with van der Waals surface area (Å²) in [5.74, 6) is 0. The second-order valence-electron chi connectivity index (χ2n) is 38.4. The van der Waals surface area contributed by atoms with Gasteiger partial charge in [0.05, 0.1) is 0 Å². The Morgan fingerprint density at radius 2 is 0.394 bits per heavy atom. The fourth-order valence-electron chi connectivity index (χ4n) is 27.1. The summed E-state index contributed by atoms with van der Waals surface area (Å²) in [5, 5.41) is 39.2. The molecule has 0 N–H and O–H groups in total. The minimum absolute atomic E-state index is 0.112. The van der Waals surface area contributed by atoms with Gasteiger partial charge in [0.2, 0.25) is 20.1 Å². The maximum Gasteiger partial charge on any atom is 0.244 e. The summed E-state index contributed by atoms with van der Waals surface area (Å²) in [6.45, 7) is 0.541. The van der Waals surface area contributed by atoms with Gasteiger partial charge in [0, 0.05) is 172 Å². The Morgan fingerprint density at radius 1 is 0.131 bits per heavy atom. The van der Waals surface area contributed by atoms with E-state index < -0.39 is 0 Å². The molecule has 14 heterocycles. The summed E-state index contributed by atoms with van der Waals surface area (Å²) in [4.78, 5) is 0. The molecule has 0 unspecified atom stereocenters. The molecule has 0 radical (unpaired) electrons. The monoisotopic (exact) mass is 1860 g/mol. The van der Waals surface area contributed by atoms with Crippen LogP contribution in [0.5, 0.6) is 0 Å². The smallest absolute Gasteiger partial charge is 0.135 e. The molecule has 622 valence electrons. The maximum absolute atomic E-state index is 2.62. The second kappa shape index (κ2) is 26.4. The van der Waals surface area contributed by atoms with Gasteiger partial charge >= 0.3 is 0 Å². The Bertz CT molecular complexity index is 10600. The highest BCUT2D eigenvalue weighted by atomic mass is 32.1. The predicted molar refractivity (Wildman–Crippen MR) is 614 cm³/mol. The van der Waals surface area contributed by atoms with Crippen molar-refractivity contribution in [3.8, 4) is 66.8 Å². The summed E-state index contributed by atoms with van der Waals surface area (Å²) in [7, 11) is 0. The molecular weight excluding hydrogens is 1800 g/mol. The van der Waals surface area contributed by atoms with Gasteiger partial charge in [-0.2, -0.15) is 0 Å². The van der Waals surface area contributed by atoms with Crippen LogP contribution in [0.25, 0.3) is 293 Å². The lowest BCUT2D eigenvalue weighted by Crippen LogP contribution is -2.57. The SMILES string of the molecule is c1cc2c3c(c1)-c1c4c(cccc4cc4sc5ccccc5c14)B3c1cccc3cc4sc5ccccc5c4c-2c13.c1cc2c3c(c1)-c1cc4c5ccccc5sc4c4c1c(cc1c5ccccc5sc14)B3c1cc3c4ccccc4sc3c3c1c-2cc1c2ccccc2sc13.c1cc2c3c(c1)-c1cccc4c1c(cc1sc5ccccc5c14)B3c1cc3sc4ccccc4c3c3cccc-2c13. The van der Waals surface area contributed by atoms with Crippen molar-refractivity contribution in [3.05, 3.63) is 370 Å². The molecule has 0 saturated carbocycles. The van der Waals surface area contributed by atoms with E-state index in [1.54, 1.807) is 0 Å². The zero-order valence-corrected chi connectivity index (χ0v) is 79.2. The standard InChI is InChI=1S/C50H23BS4.2C38H19BS2/c1-5-16-38-24(10-1)32-20-30-28-14-9-15-29-31-21-33-25-11-2-6-17-39(25)53-48(33)45-43(31)37(23-35-27-13-4-8-19-41(27)55-50(35)45)51(46(28)29)36-22-34-26-12-3-7-18-40(26)54-49(34)44(42(30)36)47(32)52-38;1-3-16-28-22(10-1)34-30(40-28)18-20-8-5-14-26-32(20)36(34)24-12-7-13-25-37-33-21(9-6-15-27(33)39(26)38(24)25)19-31-35(37)23-11-2-4-17-29(23)41-31;1-3-16-30-24(8-1)36-26-14-5-10-20-22-12-7-13-23-21-11-6-15-27-35(21)29(19-33-37(27)25-9-2-4-17-31(25)41-33)39(38(22)23)28(34(20)26)18-32(36)40-30/h1-23H;2*1-19H. The van der Waals surface area contributed by atoms with Gasteiger partial charge < -0.3 is 0 Å². The van der Waals surface area contributed by atoms with E-state index in [4.69, 9.17) is 0 Å². The van der Waals surface area contributed by atoms with Gasteiger partial charge in [0.25, 0.3) is 0 Å². The highest BCUT2D eigenvalue weighted by Crippen LogP contribution is 2.57. The maximum atomic E-state index is 2.62. The average Bonchev–Trinajstić information content (AvgIpc) is 1.63. The van der Waals surface area contributed by atoms with Crippen molar-refractivity contribution in [2.45, 2.75) is 0 Å². The summed E-state index contributed by atoms with van der Waals surface area (Å²) in [5.41, 5.74) is 29.9.